The van der Waals surface area contributed by atoms with Crippen LogP contribution in [-0.4, -0.2) is 15.9 Å². The van der Waals surface area contributed by atoms with Crippen LogP contribution in [0.2, 0.25) is 0 Å². The maximum absolute atomic E-state index is 12.0. The Balaban J connectivity index is 1.59. The molecule has 0 bridgehead atoms. The summed E-state index contributed by atoms with van der Waals surface area (Å²) >= 11 is 0. The number of furan rings is 2. The Morgan fingerprint density at radius 1 is 1.05 bits per heavy atom. The van der Waals surface area contributed by atoms with Crippen LogP contribution < -0.4 is 10.6 Å². The van der Waals surface area contributed by atoms with E-state index in [4.69, 9.17) is 8.83 Å². The van der Waals surface area contributed by atoms with Gasteiger partial charge in [0, 0.05) is 6.20 Å². The van der Waals surface area contributed by atoms with Crippen LogP contribution in [0.4, 0.5) is 5.95 Å². The zero-order valence-electron chi connectivity index (χ0n) is 11.7. The van der Waals surface area contributed by atoms with Gasteiger partial charge in [-0.2, -0.15) is 0 Å². The van der Waals surface area contributed by atoms with Crippen molar-refractivity contribution in [1.29, 1.82) is 0 Å². The lowest BCUT2D eigenvalue weighted by Crippen LogP contribution is -2.24. The third-order valence-corrected chi connectivity index (χ3v) is 2.89. The van der Waals surface area contributed by atoms with Gasteiger partial charge in [0.1, 0.15) is 17.2 Å². The molecule has 0 aliphatic rings. The number of nitrogens with one attached hydrogen (secondary N) is 2. The van der Waals surface area contributed by atoms with Gasteiger partial charge in [-0.15, -0.1) is 0 Å². The molecule has 1 amide bonds. The summed E-state index contributed by atoms with van der Waals surface area (Å²) in [6, 6.07) is 8.75. The van der Waals surface area contributed by atoms with Crippen molar-refractivity contribution in [2.75, 3.05) is 5.32 Å². The molecule has 3 aromatic heterocycles. The second kappa shape index (κ2) is 6.57. The zero-order valence-corrected chi connectivity index (χ0v) is 11.7. The molecule has 0 fully saturated rings. The van der Waals surface area contributed by atoms with Gasteiger partial charge in [0.15, 0.2) is 0 Å². The molecule has 0 spiro atoms. The highest BCUT2D eigenvalue weighted by molar-refractivity contribution is 5.92. The molecule has 0 atom stereocenters. The number of anilines is 1. The monoisotopic (exact) mass is 298 g/mol. The van der Waals surface area contributed by atoms with Gasteiger partial charge in [-0.1, -0.05) is 0 Å². The van der Waals surface area contributed by atoms with E-state index in [0.29, 0.717) is 24.8 Å². The van der Waals surface area contributed by atoms with Gasteiger partial charge >= 0.3 is 0 Å². The molecule has 22 heavy (non-hydrogen) atoms. The minimum atomic E-state index is -0.292. The number of nitrogens with zero attached hydrogens (tertiary/aromatic N) is 2. The number of carbonyl (C=O) groups is 1. The molecule has 112 valence electrons. The van der Waals surface area contributed by atoms with Crippen molar-refractivity contribution in [2.45, 2.75) is 13.1 Å². The van der Waals surface area contributed by atoms with Crippen molar-refractivity contribution >= 4 is 11.9 Å². The summed E-state index contributed by atoms with van der Waals surface area (Å²) < 4.78 is 10.4. The highest BCUT2D eigenvalue weighted by Crippen LogP contribution is 2.06. The molecule has 0 saturated carbocycles. The average molecular weight is 298 g/mol. The summed E-state index contributed by atoms with van der Waals surface area (Å²) in [6.45, 7) is 0.759. The largest absolute Gasteiger partial charge is 0.467 e. The molecule has 0 aliphatic heterocycles. The van der Waals surface area contributed by atoms with Crippen LogP contribution in [0.1, 0.15) is 22.0 Å². The molecular formula is C15H14N4O3. The molecule has 3 heterocycles. The molecule has 0 radical (unpaired) electrons. The van der Waals surface area contributed by atoms with Gasteiger partial charge < -0.3 is 19.5 Å². The minimum Gasteiger partial charge on any atom is -0.467 e. The van der Waals surface area contributed by atoms with Gasteiger partial charge in [0.2, 0.25) is 5.95 Å². The fourth-order valence-corrected chi connectivity index (χ4v) is 1.82. The summed E-state index contributed by atoms with van der Waals surface area (Å²) in [5.41, 5.74) is 0.281. The first-order valence-corrected chi connectivity index (χ1v) is 6.71. The van der Waals surface area contributed by atoms with Crippen LogP contribution >= 0.6 is 0 Å². The second-order valence-electron chi connectivity index (χ2n) is 4.46. The molecule has 0 saturated heterocycles. The molecule has 7 heteroatoms. The summed E-state index contributed by atoms with van der Waals surface area (Å²) in [5, 5.41) is 5.73. The van der Waals surface area contributed by atoms with Gasteiger partial charge in [0.05, 0.1) is 25.6 Å². The van der Waals surface area contributed by atoms with E-state index in [2.05, 4.69) is 20.6 Å². The molecule has 3 rings (SSSR count). The predicted octanol–water partition coefficient (Wildman–Crippen LogP) is 2.20. The van der Waals surface area contributed by atoms with E-state index in [1.807, 2.05) is 6.07 Å². The van der Waals surface area contributed by atoms with Gasteiger partial charge in [-0.25, -0.2) is 9.97 Å². The van der Waals surface area contributed by atoms with Crippen LogP contribution in [0.15, 0.2) is 57.9 Å². The van der Waals surface area contributed by atoms with E-state index >= 15 is 0 Å². The summed E-state index contributed by atoms with van der Waals surface area (Å²) in [5.74, 6) is 1.51. The number of hydrogen-bond acceptors (Lipinski definition) is 6. The third kappa shape index (κ3) is 3.51. The smallest absolute Gasteiger partial charge is 0.270 e. The van der Waals surface area contributed by atoms with E-state index < -0.39 is 0 Å². The minimum absolute atomic E-state index is 0.281. The van der Waals surface area contributed by atoms with Crippen molar-refractivity contribution in [1.82, 2.24) is 15.3 Å². The molecule has 7 nitrogen and oxygen atoms in total. The Bertz CT molecular complexity index is 723. The van der Waals surface area contributed by atoms with Crippen LogP contribution in [0.3, 0.4) is 0 Å². The predicted molar refractivity (Wildman–Crippen MR) is 77.9 cm³/mol. The highest BCUT2D eigenvalue weighted by atomic mass is 16.3. The maximum Gasteiger partial charge on any atom is 0.270 e. The van der Waals surface area contributed by atoms with Crippen molar-refractivity contribution in [2.24, 2.45) is 0 Å². The summed E-state index contributed by atoms with van der Waals surface area (Å²) in [7, 11) is 0. The SMILES string of the molecule is O=C(NCc1ccco1)c1ccnc(NCc2ccco2)n1. The lowest BCUT2D eigenvalue weighted by atomic mass is 10.3. The Hall–Kier alpha value is -3.09. The average Bonchev–Trinajstić information content (AvgIpc) is 3.24. The fraction of sp³-hybridized carbons (Fsp3) is 0.133. The topological polar surface area (TPSA) is 93.2 Å². The number of hydrogen-bond donors (Lipinski definition) is 2. The Morgan fingerprint density at radius 2 is 1.77 bits per heavy atom. The van der Waals surface area contributed by atoms with Gasteiger partial charge in [-0.3, -0.25) is 4.79 Å². The normalized spacial score (nSPS) is 10.4. The van der Waals surface area contributed by atoms with Gasteiger partial charge in [-0.05, 0) is 30.3 Å². The first kappa shape index (κ1) is 13.9. The maximum atomic E-state index is 12.0. The standard InChI is InChI=1S/C15H14N4O3/c20-14(17-9-11-3-1-7-21-11)13-5-6-16-15(19-13)18-10-12-4-2-8-22-12/h1-8H,9-10H2,(H,17,20)(H,16,18,19). The molecule has 3 aromatic rings. The van der Waals surface area contributed by atoms with E-state index in [-0.39, 0.29) is 11.6 Å². The quantitative estimate of drug-likeness (QED) is 0.724. The lowest BCUT2D eigenvalue weighted by Gasteiger charge is -2.05. The zero-order chi connectivity index (χ0) is 15.2. The third-order valence-electron chi connectivity index (χ3n) is 2.89. The Morgan fingerprint density at radius 3 is 2.45 bits per heavy atom. The van der Waals surface area contributed by atoms with Crippen LogP contribution in [0, 0.1) is 0 Å². The van der Waals surface area contributed by atoms with Crippen LogP contribution in [0.5, 0.6) is 0 Å². The van der Waals surface area contributed by atoms with Crippen molar-refractivity contribution < 1.29 is 13.6 Å². The van der Waals surface area contributed by atoms with E-state index in [0.717, 1.165) is 5.76 Å². The number of rotatable bonds is 6. The second-order valence-corrected chi connectivity index (χ2v) is 4.46. The summed E-state index contributed by atoms with van der Waals surface area (Å²) in [4.78, 5) is 20.3. The molecular weight excluding hydrogens is 284 g/mol. The highest BCUT2D eigenvalue weighted by Gasteiger charge is 2.09. The van der Waals surface area contributed by atoms with E-state index in [1.165, 1.54) is 6.20 Å². The van der Waals surface area contributed by atoms with E-state index in [9.17, 15) is 4.79 Å². The van der Waals surface area contributed by atoms with Crippen molar-refractivity contribution in [3.05, 3.63) is 66.3 Å². The first-order chi connectivity index (χ1) is 10.8. The lowest BCUT2D eigenvalue weighted by molar-refractivity contribution is 0.0943. The summed E-state index contributed by atoms with van der Waals surface area (Å²) in [6.07, 6.45) is 4.68. The number of aromatic nitrogens is 2. The van der Waals surface area contributed by atoms with Crippen LogP contribution in [-0.2, 0) is 13.1 Å². The first-order valence-electron chi connectivity index (χ1n) is 6.71. The molecule has 2 N–H and O–H groups in total. The van der Waals surface area contributed by atoms with Crippen LogP contribution in [0.25, 0.3) is 0 Å². The molecule has 0 aromatic carbocycles. The van der Waals surface area contributed by atoms with Crippen molar-refractivity contribution in [3.8, 4) is 0 Å². The number of carbonyl (C=O) groups excluding carboxylic acids is 1. The Labute approximate surface area is 126 Å². The molecule has 0 aliphatic carbocycles. The van der Waals surface area contributed by atoms with Crippen molar-refractivity contribution in [3.63, 3.8) is 0 Å². The van der Waals surface area contributed by atoms with Gasteiger partial charge in [0.25, 0.3) is 5.91 Å². The molecule has 0 unspecified atom stereocenters. The Kier molecular flexibility index (Phi) is 4.15. The fourth-order valence-electron chi connectivity index (χ4n) is 1.82. The number of amides is 1. The van der Waals surface area contributed by atoms with E-state index in [1.54, 1.807) is 36.8 Å².